The van der Waals surface area contributed by atoms with E-state index < -0.39 is 11.9 Å². The topological polar surface area (TPSA) is 98.8 Å². The van der Waals surface area contributed by atoms with Crippen molar-refractivity contribution in [3.63, 3.8) is 0 Å². The monoisotopic (exact) mass is 420 g/mol. The van der Waals surface area contributed by atoms with Crippen LogP contribution in [0.5, 0.6) is 0 Å². The smallest absolute Gasteiger partial charge is 0.255 e. The number of hydrogen-bond acceptors (Lipinski definition) is 5. The summed E-state index contributed by atoms with van der Waals surface area (Å²) in [5.74, 6) is -1.09. The van der Waals surface area contributed by atoms with Gasteiger partial charge >= 0.3 is 0 Å². The highest BCUT2D eigenvalue weighted by Crippen LogP contribution is 2.29. The molecule has 2 N–H and O–H groups in total. The van der Waals surface area contributed by atoms with Crippen LogP contribution in [0.3, 0.4) is 0 Å². The lowest BCUT2D eigenvalue weighted by Crippen LogP contribution is -2.57. The van der Waals surface area contributed by atoms with E-state index in [0.29, 0.717) is 24.1 Å². The number of piperazine rings is 1. The van der Waals surface area contributed by atoms with Crippen LogP contribution in [0.2, 0.25) is 0 Å². The Morgan fingerprint density at radius 2 is 1.79 bits per heavy atom. The molecule has 156 valence electrons. The summed E-state index contributed by atoms with van der Waals surface area (Å²) >= 11 is 0. The van der Waals surface area contributed by atoms with E-state index in [-0.39, 0.29) is 48.6 Å². The lowest BCUT2D eigenvalue weighted by atomic mass is 10.0. The normalized spacial score (nSPS) is 26.7. The molecule has 1 aromatic carbocycles. The first-order valence-corrected chi connectivity index (χ1v) is 9.67. The molecule has 0 aliphatic carbocycles. The number of imide groups is 1. The zero-order valence-corrected chi connectivity index (χ0v) is 17.3. The van der Waals surface area contributed by atoms with Crippen molar-refractivity contribution in [1.29, 1.82) is 0 Å². The fourth-order valence-corrected chi connectivity index (χ4v) is 4.37. The minimum atomic E-state index is -0.648. The van der Waals surface area contributed by atoms with Crippen LogP contribution in [0.4, 0.5) is 0 Å². The number of fused-ring (bicyclic) bond motifs is 1. The summed E-state index contributed by atoms with van der Waals surface area (Å²) < 4.78 is 0. The van der Waals surface area contributed by atoms with Gasteiger partial charge in [0.25, 0.3) is 11.8 Å². The maximum Gasteiger partial charge on any atom is 0.255 e. The number of amides is 4. The van der Waals surface area contributed by atoms with E-state index in [2.05, 4.69) is 10.6 Å². The van der Waals surface area contributed by atoms with Crippen LogP contribution in [0, 0.1) is 0 Å². The molecule has 8 nitrogen and oxygen atoms in total. The Kier molecular flexibility index (Phi) is 5.95. The first-order chi connectivity index (χ1) is 13.4. The SMILES string of the molecule is C[C@@H]1CNC[C@H](C)N1C(=O)c1ccc2c(c1)C(=O)N(C1CCC(=O)NC1=O)C2.Cl. The molecule has 1 unspecified atom stereocenters. The van der Waals surface area contributed by atoms with Crippen LogP contribution in [0.15, 0.2) is 18.2 Å². The van der Waals surface area contributed by atoms with Gasteiger partial charge in [-0.1, -0.05) is 6.07 Å². The molecule has 2 saturated heterocycles. The van der Waals surface area contributed by atoms with Gasteiger partial charge in [0.15, 0.2) is 0 Å². The molecule has 4 rings (SSSR count). The number of hydrogen-bond donors (Lipinski definition) is 2. The molecule has 9 heteroatoms. The molecule has 2 fully saturated rings. The van der Waals surface area contributed by atoms with Crippen molar-refractivity contribution in [3.05, 3.63) is 34.9 Å². The summed E-state index contributed by atoms with van der Waals surface area (Å²) in [7, 11) is 0. The number of carbonyl (C=O) groups is 4. The second-order valence-electron chi connectivity index (χ2n) is 7.84. The quantitative estimate of drug-likeness (QED) is 0.686. The Hall–Kier alpha value is -2.45. The van der Waals surface area contributed by atoms with E-state index in [0.717, 1.165) is 18.7 Å². The molecule has 1 aromatic rings. The third-order valence-corrected chi connectivity index (χ3v) is 5.84. The second kappa shape index (κ2) is 8.12. The van der Waals surface area contributed by atoms with Crippen molar-refractivity contribution < 1.29 is 19.2 Å². The van der Waals surface area contributed by atoms with Crippen molar-refractivity contribution >= 4 is 36.0 Å². The first kappa shape index (κ1) is 21.3. The predicted molar refractivity (Wildman–Crippen MR) is 108 cm³/mol. The highest BCUT2D eigenvalue weighted by atomic mass is 35.5. The molecule has 3 atom stereocenters. The number of nitrogens with zero attached hydrogens (tertiary/aromatic N) is 2. The van der Waals surface area contributed by atoms with E-state index in [4.69, 9.17) is 0 Å². The Morgan fingerprint density at radius 3 is 2.45 bits per heavy atom. The summed E-state index contributed by atoms with van der Waals surface area (Å²) in [6, 6.07) is 4.69. The zero-order valence-electron chi connectivity index (χ0n) is 16.4. The molecule has 3 heterocycles. The molecule has 0 spiro atoms. The summed E-state index contributed by atoms with van der Waals surface area (Å²) in [5, 5.41) is 5.60. The van der Waals surface area contributed by atoms with E-state index in [1.54, 1.807) is 18.2 Å². The van der Waals surface area contributed by atoms with Gasteiger partial charge in [0, 0.05) is 49.3 Å². The van der Waals surface area contributed by atoms with Crippen molar-refractivity contribution in [1.82, 2.24) is 20.4 Å². The number of rotatable bonds is 2. The number of benzene rings is 1. The number of piperidine rings is 1. The van der Waals surface area contributed by atoms with Gasteiger partial charge in [-0.15, -0.1) is 12.4 Å². The standard InChI is InChI=1S/C20H24N4O4.ClH/c1-11-8-21-9-12(2)24(11)19(27)13-3-4-14-10-23(20(28)15(14)7-13)16-5-6-17(25)22-18(16)26;/h3-4,7,11-12,16,21H,5-6,8-10H2,1-2H3,(H,22,25,26);1H/t11-,12+,16?;. The lowest BCUT2D eigenvalue weighted by Gasteiger charge is -2.39. The molecular weight excluding hydrogens is 396 g/mol. The molecule has 4 amide bonds. The van der Waals surface area contributed by atoms with Crippen molar-refractivity contribution in [2.45, 2.75) is 51.4 Å². The maximum atomic E-state index is 13.1. The average molecular weight is 421 g/mol. The highest BCUT2D eigenvalue weighted by molar-refractivity contribution is 6.06. The maximum absolute atomic E-state index is 13.1. The number of halogens is 1. The molecule has 0 aromatic heterocycles. The molecule has 3 aliphatic rings. The lowest BCUT2D eigenvalue weighted by molar-refractivity contribution is -0.136. The van der Waals surface area contributed by atoms with Crippen LogP contribution >= 0.6 is 12.4 Å². The summed E-state index contributed by atoms with van der Waals surface area (Å²) in [4.78, 5) is 52.9. The second-order valence-corrected chi connectivity index (χ2v) is 7.84. The van der Waals surface area contributed by atoms with Crippen molar-refractivity contribution in [2.24, 2.45) is 0 Å². The van der Waals surface area contributed by atoms with Crippen LogP contribution in [-0.4, -0.2) is 64.6 Å². The van der Waals surface area contributed by atoms with Gasteiger partial charge in [0.2, 0.25) is 11.8 Å². The summed E-state index contributed by atoms with van der Waals surface area (Å²) in [6.07, 6.45) is 0.547. The van der Waals surface area contributed by atoms with E-state index in [1.807, 2.05) is 18.7 Å². The minimum Gasteiger partial charge on any atom is -0.331 e. The van der Waals surface area contributed by atoms with Gasteiger partial charge in [-0.25, -0.2) is 0 Å². The third-order valence-electron chi connectivity index (χ3n) is 5.84. The van der Waals surface area contributed by atoms with Gasteiger partial charge in [0.05, 0.1) is 0 Å². The Morgan fingerprint density at radius 1 is 1.10 bits per heavy atom. The fourth-order valence-electron chi connectivity index (χ4n) is 4.37. The van der Waals surface area contributed by atoms with Crippen LogP contribution in [0.1, 0.15) is 53.0 Å². The van der Waals surface area contributed by atoms with Gasteiger partial charge in [-0.2, -0.15) is 0 Å². The van der Waals surface area contributed by atoms with Crippen molar-refractivity contribution in [3.8, 4) is 0 Å². The summed E-state index contributed by atoms with van der Waals surface area (Å²) in [6.45, 7) is 5.80. The van der Waals surface area contributed by atoms with Gasteiger partial charge in [-0.3, -0.25) is 24.5 Å². The predicted octanol–water partition coefficient (Wildman–Crippen LogP) is 0.692. The van der Waals surface area contributed by atoms with Crippen LogP contribution in [0.25, 0.3) is 0 Å². The number of nitrogens with one attached hydrogen (secondary N) is 2. The van der Waals surface area contributed by atoms with Gasteiger partial charge < -0.3 is 15.1 Å². The largest absolute Gasteiger partial charge is 0.331 e. The average Bonchev–Trinajstić information content (AvgIpc) is 2.97. The minimum absolute atomic E-state index is 0. The summed E-state index contributed by atoms with van der Waals surface area (Å²) in [5.41, 5.74) is 1.75. The fraction of sp³-hybridized carbons (Fsp3) is 0.500. The Labute approximate surface area is 175 Å². The van der Waals surface area contributed by atoms with Gasteiger partial charge in [0.1, 0.15) is 6.04 Å². The Balaban J connectivity index is 0.00000240. The molecule has 3 aliphatic heterocycles. The Bertz CT molecular complexity index is 864. The van der Waals surface area contributed by atoms with E-state index in [9.17, 15) is 19.2 Å². The number of carbonyl (C=O) groups excluding carboxylic acids is 4. The molecule has 0 saturated carbocycles. The molecular formula is C20H25ClN4O4. The zero-order chi connectivity index (χ0) is 20.0. The molecule has 29 heavy (non-hydrogen) atoms. The van der Waals surface area contributed by atoms with E-state index >= 15 is 0 Å². The van der Waals surface area contributed by atoms with Gasteiger partial charge in [-0.05, 0) is 38.0 Å². The third kappa shape index (κ3) is 3.74. The first-order valence-electron chi connectivity index (χ1n) is 9.67. The molecule has 0 bridgehead atoms. The van der Waals surface area contributed by atoms with Crippen LogP contribution < -0.4 is 10.6 Å². The van der Waals surface area contributed by atoms with Crippen molar-refractivity contribution in [2.75, 3.05) is 13.1 Å². The highest BCUT2D eigenvalue weighted by Gasteiger charge is 2.39. The molecule has 0 radical (unpaired) electrons. The van der Waals surface area contributed by atoms with E-state index in [1.165, 1.54) is 4.90 Å². The van der Waals surface area contributed by atoms with Crippen LogP contribution in [-0.2, 0) is 16.1 Å².